The van der Waals surface area contributed by atoms with Crippen LogP contribution in [0.5, 0.6) is 0 Å². The smallest absolute Gasteiger partial charge is 0.290 e. The Morgan fingerprint density at radius 1 is 1.20 bits per heavy atom. The number of nitrogens with zero attached hydrogens (tertiary/aromatic N) is 4. The van der Waals surface area contributed by atoms with Crippen LogP contribution in [0, 0.1) is 0 Å². The minimum Gasteiger partial charge on any atom is -0.363 e. The highest BCUT2D eigenvalue weighted by Crippen LogP contribution is 2.25. The van der Waals surface area contributed by atoms with Gasteiger partial charge in [-0.15, -0.1) is 0 Å². The van der Waals surface area contributed by atoms with E-state index in [-0.39, 0.29) is 5.82 Å². The van der Waals surface area contributed by atoms with Gasteiger partial charge in [0.05, 0.1) is 6.54 Å². The Balaban J connectivity index is 1.30. The highest BCUT2D eigenvalue weighted by Gasteiger charge is 2.28. The largest absolute Gasteiger partial charge is 0.363 e. The Morgan fingerprint density at radius 2 is 1.96 bits per heavy atom. The molecule has 0 spiro atoms. The molecule has 1 aromatic heterocycles. The third-order valence-electron chi connectivity index (χ3n) is 5.28. The summed E-state index contributed by atoms with van der Waals surface area (Å²) in [5.41, 5.74) is 8.12. The van der Waals surface area contributed by atoms with Gasteiger partial charge in [0, 0.05) is 32.2 Å². The molecule has 0 radical (unpaired) electrons. The van der Waals surface area contributed by atoms with E-state index in [2.05, 4.69) is 44.2 Å². The molecular weight excluding hydrogens is 318 g/mol. The molecule has 4 rings (SSSR count). The summed E-state index contributed by atoms with van der Waals surface area (Å²) in [6.45, 7) is 4.78. The van der Waals surface area contributed by atoms with Gasteiger partial charge in [0.15, 0.2) is 0 Å². The zero-order valence-corrected chi connectivity index (χ0v) is 14.2. The van der Waals surface area contributed by atoms with Gasteiger partial charge in [-0.05, 0) is 30.4 Å². The van der Waals surface area contributed by atoms with Crippen LogP contribution in [0.2, 0.25) is 0 Å². The van der Waals surface area contributed by atoms with Crippen molar-refractivity contribution in [2.45, 2.75) is 38.4 Å². The monoisotopic (exact) mass is 341 g/mol. The summed E-state index contributed by atoms with van der Waals surface area (Å²) in [5.74, 6) is -0.241. The first-order chi connectivity index (χ1) is 12.2. The predicted octanol–water partition coefficient (Wildman–Crippen LogP) is 1.19. The minimum absolute atomic E-state index is 0.0446. The number of likely N-dealkylation sites (tertiary alicyclic amines) is 1. The number of piperidine rings is 1. The van der Waals surface area contributed by atoms with Crippen molar-refractivity contribution in [2.24, 2.45) is 5.73 Å². The molecule has 1 amide bonds. The number of carbonyl (C=O) groups is 1. The molecule has 2 N–H and O–H groups in total. The second-order valence-corrected chi connectivity index (χ2v) is 6.87. The Bertz CT molecular complexity index is 751. The number of primary amides is 1. The van der Waals surface area contributed by atoms with E-state index in [1.54, 1.807) is 0 Å². The maximum atomic E-state index is 11.0. The third kappa shape index (κ3) is 3.57. The average Bonchev–Trinajstić information content (AvgIpc) is 3.11. The molecule has 7 nitrogen and oxygen atoms in total. The lowest BCUT2D eigenvalue weighted by Gasteiger charge is -2.40. The van der Waals surface area contributed by atoms with Crippen molar-refractivity contribution in [3.8, 4) is 0 Å². The highest BCUT2D eigenvalue weighted by atomic mass is 16.5. The predicted molar refractivity (Wildman–Crippen MR) is 91.7 cm³/mol. The second kappa shape index (κ2) is 6.93. The Kier molecular flexibility index (Phi) is 4.50. The first-order valence-electron chi connectivity index (χ1n) is 8.84. The van der Waals surface area contributed by atoms with Crippen molar-refractivity contribution in [1.82, 2.24) is 19.9 Å². The van der Waals surface area contributed by atoms with Crippen LogP contribution in [0.1, 0.15) is 40.5 Å². The summed E-state index contributed by atoms with van der Waals surface area (Å²) < 4.78 is 5.10. The van der Waals surface area contributed by atoms with E-state index >= 15 is 0 Å². The van der Waals surface area contributed by atoms with Crippen LogP contribution in [0.3, 0.4) is 0 Å². The van der Waals surface area contributed by atoms with Gasteiger partial charge in [-0.1, -0.05) is 29.4 Å². The van der Waals surface area contributed by atoms with Gasteiger partial charge >= 0.3 is 0 Å². The van der Waals surface area contributed by atoms with Crippen LogP contribution in [0.4, 0.5) is 0 Å². The molecule has 0 aliphatic carbocycles. The van der Waals surface area contributed by atoms with Gasteiger partial charge in [-0.2, -0.15) is 4.98 Å². The zero-order chi connectivity index (χ0) is 17.2. The van der Waals surface area contributed by atoms with Gasteiger partial charge < -0.3 is 10.3 Å². The summed E-state index contributed by atoms with van der Waals surface area (Å²) in [7, 11) is 0. The van der Waals surface area contributed by atoms with E-state index in [9.17, 15) is 4.79 Å². The van der Waals surface area contributed by atoms with Crippen molar-refractivity contribution in [3.05, 3.63) is 47.1 Å². The minimum atomic E-state index is -0.654. The van der Waals surface area contributed by atoms with Gasteiger partial charge in [-0.25, -0.2) is 0 Å². The number of rotatable bonds is 4. The van der Waals surface area contributed by atoms with Crippen molar-refractivity contribution < 1.29 is 9.32 Å². The molecule has 132 valence electrons. The molecule has 0 saturated carbocycles. The van der Waals surface area contributed by atoms with E-state index in [0.29, 0.717) is 18.5 Å². The molecule has 1 saturated heterocycles. The van der Waals surface area contributed by atoms with E-state index in [1.165, 1.54) is 11.1 Å². The van der Waals surface area contributed by atoms with Crippen LogP contribution in [0.25, 0.3) is 0 Å². The fraction of sp³-hybridized carbons (Fsp3) is 0.500. The van der Waals surface area contributed by atoms with Crippen molar-refractivity contribution in [1.29, 1.82) is 0 Å². The lowest BCUT2D eigenvalue weighted by Crippen LogP contribution is -2.46. The number of fused-ring (bicyclic) bond motifs is 1. The van der Waals surface area contributed by atoms with E-state index < -0.39 is 5.91 Å². The van der Waals surface area contributed by atoms with Gasteiger partial charge in [-0.3, -0.25) is 14.6 Å². The first-order valence-corrected chi connectivity index (χ1v) is 8.84. The summed E-state index contributed by atoms with van der Waals surface area (Å²) >= 11 is 0. The van der Waals surface area contributed by atoms with E-state index in [1.807, 2.05) is 0 Å². The van der Waals surface area contributed by atoms with Crippen LogP contribution in [0.15, 0.2) is 28.8 Å². The Hall–Kier alpha value is -2.25. The van der Waals surface area contributed by atoms with Crippen molar-refractivity contribution >= 4 is 5.91 Å². The Morgan fingerprint density at radius 3 is 2.68 bits per heavy atom. The fourth-order valence-electron chi connectivity index (χ4n) is 3.88. The maximum Gasteiger partial charge on any atom is 0.290 e. The lowest BCUT2D eigenvalue weighted by molar-refractivity contribution is 0.0894. The molecule has 0 bridgehead atoms. The quantitative estimate of drug-likeness (QED) is 0.899. The maximum absolute atomic E-state index is 11.0. The molecule has 2 aliphatic heterocycles. The molecule has 3 heterocycles. The number of aromatic nitrogens is 2. The number of nitrogens with two attached hydrogens (primary N) is 1. The van der Waals surface area contributed by atoms with Crippen molar-refractivity contribution in [3.63, 3.8) is 0 Å². The van der Waals surface area contributed by atoms with E-state index in [0.717, 1.165) is 45.4 Å². The first kappa shape index (κ1) is 16.2. The van der Waals surface area contributed by atoms with Crippen LogP contribution in [-0.2, 0) is 19.5 Å². The number of hydrogen-bond acceptors (Lipinski definition) is 6. The molecule has 7 heteroatoms. The standard InChI is InChI=1S/C18H23N5O2/c19-17(24)18-20-16(25-21-18)12-22-8-6-15(7-9-22)23-10-5-13-3-1-2-4-14(13)11-23/h1-4,15H,5-12H2,(H2,19,24). The number of hydrogen-bond donors (Lipinski definition) is 1. The van der Waals surface area contributed by atoms with Crippen LogP contribution < -0.4 is 5.73 Å². The average molecular weight is 341 g/mol. The summed E-state index contributed by atoms with van der Waals surface area (Å²) in [6.07, 6.45) is 3.42. The fourth-order valence-corrected chi connectivity index (χ4v) is 3.88. The van der Waals surface area contributed by atoms with Crippen molar-refractivity contribution in [2.75, 3.05) is 19.6 Å². The molecule has 2 aliphatic rings. The summed E-state index contributed by atoms with van der Waals surface area (Å²) in [6, 6.07) is 9.40. The second-order valence-electron chi connectivity index (χ2n) is 6.87. The summed E-state index contributed by atoms with van der Waals surface area (Å²) in [4.78, 5) is 20.0. The Labute approximate surface area is 146 Å². The molecular formula is C18H23N5O2. The van der Waals surface area contributed by atoms with Crippen LogP contribution in [-0.4, -0.2) is 51.5 Å². The molecule has 2 aromatic rings. The third-order valence-corrected chi connectivity index (χ3v) is 5.28. The zero-order valence-electron chi connectivity index (χ0n) is 14.2. The number of carbonyl (C=O) groups excluding carboxylic acids is 1. The van der Waals surface area contributed by atoms with Gasteiger partial charge in [0.2, 0.25) is 5.89 Å². The number of amides is 1. The molecule has 0 atom stereocenters. The molecule has 25 heavy (non-hydrogen) atoms. The number of benzene rings is 1. The topological polar surface area (TPSA) is 88.5 Å². The van der Waals surface area contributed by atoms with Gasteiger partial charge in [0.1, 0.15) is 0 Å². The summed E-state index contributed by atoms with van der Waals surface area (Å²) in [5, 5.41) is 3.60. The lowest BCUT2D eigenvalue weighted by atomic mass is 9.95. The van der Waals surface area contributed by atoms with E-state index in [4.69, 9.17) is 10.3 Å². The van der Waals surface area contributed by atoms with Crippen LogP contribution >= 0.6 is 0 Å². The molecule has 0 unspecified atom stereocenters. The SMILES string of the molecule is NC(=O)c1noc(CN2CCC(N3CCc4ccccc4C3)CC2)n1. The normalized spacial score (nSPS) is 19.7. The van der Waals surface area contributed by atoms with Gasteiger partial charge in [0.25, 0.3) is 11.7 Å². The highest BCUT2D eigenvalue weighted by molar-refractivity contribution is 5.88. The molecule has 1 aromatic carbocycles. The molecule has 1 fully saturated rings.